The molecule has 0 aromatic rings. The largest absolute Gasteiger partial charge is 0.481 e. The first-order valence-electron chi connectivity index (χ1n) is 11.7. The van der Waals surface area contributed by atoms with Crippen LogP contribution in [0.1, 0.15) is 91.4 Å². The summed E-state index contributed by atoms with van der Waals surface area (Å²) in [5.41, 5.74) is 0.882. The monoisotopic (exact) mass is 376 g/mol. The van der Waals surface area contributed by atoms with Crippen molar-refractivity contribution in [2.24, 2.45) is 46.3 Å². The van der Waals surface area contributed by atoms with Crippen LogP contribution < -0.4 is 0 Å². The van der Waals surface area contributed by atoms with Gasteiger partial charge in [0.1, 0.15) is 0 Å². The fraction of sp³-hybridized carbons (Fsp3) is 0.958. The van der Waals surface area contributed by atoms with Gasteiger partial charge >= 0.3 is 5.97 Å². The fourth-order valence-electron chi connectivity index (χ4n) is 8.76. The summed E-state index contributed by atoms with van der Waals surface area (Å²) in [6.45, 7) is 7.43. The summed E-state index contributed by atoms with van der Waals surface area (Å²) < 4.78 is 0. The maximum atomic E-state index is 11.0. The van der Waals surface area contributed by atoms with E-state index in [2.05, 4.69) is 20.8 Å². The number of hydrogen-bond donors (Lipinski definition) is 2. The van der Waals surface area contributed by atoms with Crippen LogP contribution in [0.2, 0.25) is 0 Å². The maximum absolute atomic E-state index is 11.0. The number of aliphatic carboxylic acids is 1. The minimum atomic E-state index is -0.643. The highest BCUT2D eigenvalue weighted by atomic mass is 16.4. The molecule has 0 saturated heterocycles. The van der Waals surface area contributed by atoms with Gasteiger partial charge in [-0.15, -0.1) is 0 Å². The Hall–Kier alpha value is -0.570. The molecule has 0 heterocycles. The highest BCUT2D eigenvalue weighted by Crippen LogP contribution is 2.68. The lowest BCUT2D eigenvalue weighted by Gasteiger charge is -2.61. The van der Waals surface area contributed by atoms with Crippen molar-refractivity contribution in [1.29, 1.82) is 0 Å². The van der Waals surface area contributed by atoms with Gasteiger partial charge in [0.15, 0.2) is 0 Å². The van der Waals surface area contributed by atoms with Gasteiger partial charge in [0, 0.05) is 6.42 Å². The molecule has 4 saturated carbocycles. The summed E-state index contributed by atoms with van der Waals surface area (Å²) in [5.74, 6) is 3.91. The zero-order valence-electron chi connectivity index (χ0n) is 17.6. The lowest BCUT2D eigenvalue weighted by molar-refractivity contribution is -0.138. The van der Waals surface area contributed by atoms with Gasteiger partial charge in [-0.1, -0.05) is 20.8 Å². The van der Waals surface area contributed by atoms with Crippen LogP contribution >= 0.6 is 0 Å². The second-order valence-corrected chi connectivity index (χ2v) is 11.2. The molecular formula is C24H40O3. The van der Waals surface area contributed by atoms with E-state index in [-0.39, 0.29) is 6.10 Å². The van der Waals surface area contributed by atoms with Crippen LogP contribution in [0.5, 0.6) is 0 Å². The van der Waals surface area contributed by atoms with Gasteiger partial charge in [-0.05, 0) is 111 Å². The van der Waals surface area contributed by atoms with Crippen LogP contribution in [0, 0.1) is 46.3 Å². The lowest BCUT2D eigenvalue weighted by Crippen LogP contribution is -2.54. The van der Waals surface area contributed by atoms with E-state index in [4.69, 9.17) is 5.11 Å². The van der Waals surface area contributed by atoms with Crippen molar-refractivity contribution in [3.8, 4) is 0 Å². The van der Waals surface area contributed by atoms with Crippen LogP contribution in [0.3, 0.4) is 0 Å². The molecule has 3 heteroatoms. The predicted octanol–water partition coefficient (Wildman–Crippen LogP) is 5.51. The highest BCUT2D eigenvalue weighted by Gasteiger charge is 2.60. The molecule has 27 heavy (non-hydrogen) atoms. The molecule has 3 nitrogen and oxygen atoms in total. The predicted molar refractivity (Wildman–Crippen MR) is 107 cm³/mol. The Bertz CT molecular complexity index is 574. The summed E-state index contributed by atoms with van der Waals surface area (Å²) in [5, 5.41) is 19.3. The molecule has 4 aliphatic carbocycles. The number of fused-ring (bicyclic) bond motifs is 5. The van der Waals surface area contributed by atoms with E-state index in [9.17, 15) is 9.90 Å². The molecule has 0 aromatic carbocycles. The van der Waals surface area contributed by atoms with Crippen LogP contribution in [0.4, 0.5) is 0 Å². The van der Waals surface area contributed by atoms with E-state index in [0.717, 1.165) is 42.9 Å². The van der Waals surface area contributed by atoms with Crippen molar-refractivity contribution < 1.29 is 15.0 Å². The van der Waals surface area contributed by atoms with Crippen molar-refractivity contribution in [3.05, 3.63) is 0 Å². The summed E-state index contributed by atoms with van der Waals surface area (Å²) >= 11 is 0. The van der Waals surface area contributed by atoms with E-state index in [1.165, 1.54) is 44.9 Å². The van der Waals surface area contributed by atoms with Gasteiger partial charge in [-0.25, -0.2) is 0 Å². The summed E-state index contributed by atoms with van der Waals surface area (Å²) in [6, 6.07) is 0. The smallest absolute Gasteiger partial charge is 0.303 e. The van der Waals surface area contributed by atoms with Crippen molar-refractivity contribution >= 4 is 5.97 Å². The Morgan fingerprint density at radius 3 is 2.44 bits per heavy atom. The Balaban J connectivity index is 1.51. The van der Waals surface area contributed by atoms with Gasteiger partial charge < -0.3 is 10.2 Å². The van der Waals surface area contributed by atoms with Crippen LogP contribution in [0.15, 0.2) is 0 Å². The molecule has 0 radical (unpaired) electrons. The van der Waals surface area contributed by atoms with Crippen LogP contribution in [-0.4, -0.2) is 22.3 Å². The first kappa shape index (κ1) is 19.7. The topological polar surface area (TPSA) is 57.5 Å². The number of aliphatic hydroxyl groups is 1. The maximum Gasteiger partial charge on any atom is 0.303 e. The molecule has 0 spiro atoms. The number of carboxylic acid groups (broad SMARTS) is 1. The zero-order chi connectivity index (χ0) is 19.4. The molecule has 4 fully saturated rings. The van der Waals surface area contributed by atoms with E-state index in [1.54, 1.807) is 0 Å². The summed E-state index contributed by atoms with van der Waals surface area (Å²) in [6.07, 6.45) is 12.4. The molecule has 0 aromatic heterocycles. The Morgan fingerprint density at radius 2 is 1.70 bits per heavy atom. The molecule has 9 atom stereocenters. The highest BCUT2D eigenvalue weighted by molar-refractivity contribution is 5.66. The molecule has 4 rings (SSSR count). The first-order chi connectivity index (χ1) is 12.8. The first-order valence-corrected chi connectivity index (χ1v) is 11.7. The Kier molecular flexibility index (Phi) is 5.15. The fourth-order valence-corrected chi connectivity index (χ4v) is 8.76. The third kappa shape index (κ3) is 3.16. The van der Waals surface area contributed by atoms with Crippen molar-refractivity contribution in [2.75, 3.05) is 0 Å². The average Bonchev–Trinajstić information content (AvgIpc) is 2.97. The molecule has 4 aliphatic rings. The molecule has 0 unspecified atom stereocenters. The van der Waals surface area contributed by atoms with Gasteiger partial charge in [0.05, 0.1) is 6.10 Å². The van der Waals surface area contributed by atoms with Gasteiger partial charge in [0.2, 0.25) is 0 Å². The standard InChI is InChI=1S/C24H40O3/c1-15(4-9-22(26)27)19-7-8-20-18-6-5-16-14-17(25)10-12-23(16,2)21(18)11-13-24(19,20)3/h15-21,25H,4-14H2,1-3H3,(H,26,27)/t15-,16+,17+,18+,19+,20-,21+,23-,24+/m0/s1. The van der Waals surface area contributed by atoms with Crippen LogP contribution in [-0.2, 0) is 4.79 Å². The zero-order valence-corrected chi connectivity index (χ0v) is 17.6. The van der Waals surface area contributed by atoms with Crippen LogP contribution in [0.25, 0.3) is 0 Å². The number of carboxylic acids is 1. The normalized spacial score (nSPS) is 50.4. The van der Waals surface area contributed by atoms with Gasteiger partial charge in [-0.3, -0.25) is 4.79 Å². The van der Waals surface area contributed by atoms with Gasteiger partial charge in [0.25, 0.3) is 0 Å². The van der Waals surface area contributed by atoms with Crippen molar-refractivity contribution in [3.63, 3.8) is 0 Å². The molecule has 2 N–H and O–H groups in total. The van der Waals surface area contributed by atoms with E-state index >= 15 is 0 Å². The molecule has 0 bridgehead atoms. The quantitative estimate of drug-likeness (QED) is 0.680. The third-order valence-corrected chi connectivity index (χ3v) is 10.2. The van der Waals surface area contributed by atoms with Crippen molar-refractivity contribution in [1.82, 2.24) is 0 Å². The molecule has 0 aliphatic heterocycles. The van der Waals surface area contributed by atoms with E-state index in [1.807, 2.05) is 0 Å². The molecular weight excluding hydrogens is 336 g/mol. The SMILES string of the molecule is C[C@@H](CCC(=O)O)[C@H]1CC[C@H]2[C@H]3CC[C@@H]4C[C@H](O)CC[C@]4(C)[C@@H]3CC[C@]12C. The Morgan fingerprint density at radius 1 is 1.00 bits per heavy atom. The summed E-state index contributed by atoms with van der Waals surface area (Å²) in [4.78, 5) is 11.0. The number of aliphatic hydroxyl groups excluding tert-OH is 1. The number of carbonyl (C=O) groups is 1. The average molecular weight is 377 g/mol. The molecule has 0 amide bonds. The van der Waals surface area contributed by atoms with Crippen molar-refractivity contribution in [2.45, 2.75) is 97.5 Å². The minimum Gasteiger partial charge on any atom is -0.481 e. The minimum absolute atomic E-state index is 0.0561. The number of rotatable bonds is 4. The van der Waals surface area contributed by atoms with E-state index in [0.29, 0.717) is 29.1 Å². The van der Waals surface area contributed by atoms with Gasteiger partial charge in [-0.2, -0.15) is 0 Å². The number of hydrogen-bond acceptors (Lipinski definition) is 2. The lowest BCUT2D eigenvalue weighted by atomic mass is 9.44. The summed E-state index contributed by atoms with van der Waals surface area (Å²) in [7, 11) is 0. The van der Waals surface area contributed by atoms with E-state index < -0.39 is 5.97 Å². The molecule has 154 valence electrons. The second-order valence-electron chi connectivity index (χ2n) is 11.2. The second kappa shape index (κ2) is 7.04. The Labute approximate surface area is 165 Å². The third-order valence-electron chi connectivity index (χ3n) is 10.2.